The molecule has 2 aromatic carbocycles. The quantitative estimate of drug-likeness (QED) is 0.571. The minimum atomic E-state index is -0.952. The number of rotatable bonds is 6. The molecule has 0 radical (unpaired) electrons. The Morgan fingerprint density at radius 3 is 2.60 bits per heavy atom. The highest BCUT2D eigenvalue weighted by Crippen LogP contribution is 2.21. The molecule has 2 N–H and O–H groups in total. The van der Waals surface area contributed by atoms with Crippen molar-refractivity contribution in [2.45, 2.75) is 13.3 Å². The molecule has 0 bridgehead atoms. The normalized spacial score (nSPS) is 11.1. The second-order valence-corrected chi connectivity index (χ2v) is 6.07. The van der Waals surface area contributed by atoms with Crippen LogP contribution in [0.1, 0.15) is 28.4 Å². The van der Waals surface area contributed by atoms with Gasteiger partial charge in [0.2, 0.25) is 0 Å². The standard InChI is InChI=1S/C18H17BrN2O4/c1-11(20-21-18(24)14-5-3-4-6-15(14)19)12-7-8-16(25-2)13(9-12)10-17(22)23/h3-9H,10H2,1-2H3,(H,21,24)(H,22,23)/b20-11-. The number of halogens is 1. The lowest BCUT2D eigenvalue weighted by atomic mass is 10.0. The van der Waals surface area contributed by atoms with E-state index in [1.165, 1.54) is 7.11 Å². The molecule has 0 aliphatic heterocycles. The predicted octanol–water partition coefficient (Wildman–Crippen LogP) is 3.24. The molecule has 0 heterocycles. The van der Waals surface area contributed by atoms with E-state index < -0.39 is 5.97 Å². The second kappa shape index (κ2) is 8.43. The second-order valence-electron chi connectivity index (χ2n) is 5.22. The van der Waals surface area contributed by atoms with Gasteiger partial charge in [-0.1, -0.05) is 12.1 Å². The zero-order valence-electron chi connectivity index (χ0n) is 13.7. The molecule has 0 spiro atoms. The third kappa shape index (κ3) is 4.90. The van der Waals surface area contributed by atoms with Gasteiger partial charge < -0.3 is 9.84 Å². The van der Waals surface area contributed by atoms with Crippen LogP contribution in [0.15, 0.2) is 52.0 Å². The molecule has 2 aromatic rings. The number of aliphatic carboxylic acids is 1. The highest BCUT2D eigenvalue weighted by Gasteiger charge is 2.11. The first-order chi connectivity index (χ1) is 11.9. The number of benzene rings is 2. The van der Waals surface area contributed by atoms with Gasteiger partial charge in [0.25, 0.3) is 5.91 Å². The average Bonchev–Trinajstić information content (AvgIpc) is 2.59. The number of carbonyl (C=O) groups is 2. The molecule has 0 aliphatic carbocycles. The van der Waals surface area contributed by atoms with Gasteiger partial charge in [-0.3, -0.25) is 9.59 Å². The average molecular weight is 405 g/mol. The summed E-state index contributed by atoms with van der Waals surface area (Å²) in [5.41, 5.74) is 4.76. The number of hydrogen-bond donors (Lipinski definition) is 2. The van der Waals surface area contributed by atoms with Crippen molar-refractivity contribution in [1.82, 2.24) is 5.43 Å². The zero-order valence-corrected chi connectivity index (χ0v) is 15.3. The molecule has 130 valence electrons. The van der Waals surface area contributed by atoms with Crippen LogP contribution in [-0.4, -0.2) is 29.8 Å². The molecule has 7 heteroatoms. The summed E-state index contributed by atoms with van der Waals surface area (Å²) in [6.07, 6.45) is -0.159. The van der Waals surface area contributed by atoms with E-state index in [-0.39, 0.29) is 12.3 Å². The van der Waals surface area contributed by atoms with Gasteiger partial charge in [0.05, 0.1) is 24.8 Å². The molecule has 0 unspecified atom stereocenters. The van der Waals surface area contributed by atoms with Crippen molar-refractivity contribution in [1.29, 1.82) is 0 Å². The maximum atomic E-state index is 12.2. The first-order valence-electron chi connectivity index (χ1n) is 7.40. The maximum Gasteiger partial charge on any atom is 0.307 e. The van der Waals surface area contributed by atoms with Gasteiger partial charge in [0, 0.05) is 10.0 Å². The van der Waals surface area contributed by atoms with E-state index in [1.807, 2.05) is 6.07 Å². The molecule has 1 amide bonds. The molecule has 0 saturated carbocycles. The molecule has 0 aliphatic rings. The third-order valence-electron chi connectivity index (χ3n) is 3.48. The van der Waals surface area contributed by atoms with Gasteiger partial charge in [-0.05, 0) is 58.7 Å². The van der Waals surface area contributed by atoms with Crippen LogP contribution in [0, 0.1) is 0 Å². The Labute approximate surface area is 153 Å². The molecule has 0 fully saturated rings. The van der Waals surface area contributed by atoms with Crippen molar-refractivity contribution in [3.05, 3.63) is 63.6 Å². The number of methoxy groups -OCH3 is 1. The van der Waals surface area contributed by atoms with Gasteiger partial charge in [-0.2, -0.15) is 5.10 Å². The number of carboxylic acids is 1. The Morgan fingerprint density at radius 1 is 1.24 bits per heavy atom. The van der Waals surface area contributed by atoms with Gasteiger partial charge in [0.1, 0.15) is 5.75 Å². The summed E-state index contributed by atoms with van der Waals surface area (Å²) in [5, 5.41) is 13.1. The number of ether oxygens (including phenoxy) is 1. The fraction of sp³-hybridized carbons (Fsp3) is 0.167. The summed E-state index contributed by atoms with van der Waals surface area (Å²) in [4.78, 5) is 23.1. The summed E-state index contributed by atoms with van der Waals surface area (Å²) in [7, 11) is 1.49. The van der Waals surface area contributed by atoms with Crippen molar-refractivity contribution in [3.8, 4) is 5.75 Å². The summed E-state index contributed by atoms with van der Waals surface area (Å²) < 4.78 is 5.85. The fourth-order valence-electron chi connectivity index (χ4n) is 2.21. The molecule has 2 rings (SSSR count). The van der Waals surface area contributed by atoms with E-state index in [0.717, 1.165) is 0 Å². The number of nitrogens with one attached hydrogen (secondary N) is 1. The molecule has 0 aromatic heterocycles. The van der Waals surface area contributed by atoms with Crippen LogP contribution in [0.5, 0.6) is 5.75 Å². The monoisotopic (exact) mass is 404 g/mol. The number of carboxylic acid groups (broad SMARTS) is 1. The number of hydrogen-bond acceptors (Lipinski definition) is 4. The molecular formula is C18H17BrN2O4. The number of amides is 1. The van der Waals surface area contributed by atoms with E-state index in [9.17, 15) is 9.59 Å². The van der Waals surface area contributed by atoms with Crippen molar-refractivity contribution in [2.75, 3.05) is 7.11 Å². The summed E-state index contributed by atoms with van der Waals surface area (Å²) in [5.74, 6) is -0.797. The number of hydrazone groups is 1. The Balaban J connectivity index is 2.20. The molecule has 0 atom stereocenters. The van der Waals surface area contributed by atoms with Crippen LogP contribution in [0.2, 0.25) is 0 Å². The molecule has 0 saturated heterocycles. The predicted molar refractivity (Wildman–Crippen MR) is 98.2 cm³/mol. The lowest BCUT2D eigenvalue weighted by Crippen LogP contribution is -2.19. The van der Waals surface area contributed by atoms with Crippen LogP contribution in [-0.2, 0) is 11.2 Å². The summed E-state index contributed by atoms with van der Waals surface area (Å²) >= 11 is 3.32. The van der Waals surface area contributed by atoms with Gasteiger partial charge in [0.15, 0.2) is 0 Å². The van der Waals surface area contributed by atoms with E-state index in [2.05, 4.69) is 26.5 Å². The largest absolute Gasteiger partial charge is 0.496 e. The minimum Gasteiger partial charge on any atom is -0.496 e. The van der Waals surface area contributed by atoms with Crippen LogP contribution in [0.25, 0.3) is 0 Å². The van der Waals surface area contributed by atoms with Crippen LogP contribution in [0.3, 0.4) is 0 Å². The van der Waals surface area contributed by atoms with Crippen LogP contribution >= 0.6 is 15.9 Å². The summed E-state index contributed by atoms with van der Waals surface area (Å²) in [6.45, 7) is 1.73. The van der Waals surface area contributed by atoms with Gasteiger partial charge in [-0.25, -0.2) is 5.43 Å². The van der Waals surface area contributed by atoms with Crippen LogP contribution in [0.4, 0.5) is 0 Å². The Kier molecular flexibility index (Phi) is 6.30. The van der Waals surface area contributed by atoms with E-state index >= 15 is 0 Å². The Morgan fingerprint density at radius 2 is 1.96 bits per heavy atom. The van der Waals surface area contributed by atoms with Crippen LogP contribution < -0.4 is 10.2 Å². The molecular weight excluding hydrogens is 388 g/mol. The minimum absolute atomic E-state index is 0.159. The van der Waals surface area contributed by atoms with E-state index in [4.69, 9.17) is 9.84 Å². The lowest BCUT2D eigenvalue weighted by Gasteiger charge is -2.09. The Hall–Kier alpha value is -2.67. The van der Waals surface area contributed by atoms with Gasteiger partial charge >= 0.3 is 5.97 Å². The first-order valence-corrected chi connectivity index (χ1v) is 8.20. The summed E-state index contributed by atoms with van der Waals surface area (Å²) in [6, 6.07) is 12.2. The smallest absolute Gasteiger partial charge is 0.307 e. The third-order valence-corrected chi connectivity index (χ3v) is 4.17. The zero-order chi connectivity index (χ0) is 18.4. The number of nitrogens with zero attached hydrogens (tertiary/aromatic N) is 1. The Bertz CT molecular complexity index is 834. The van der Waals surface area contributed by atoms with E-state index in [0.29, 0.717) is 32.6 Å². The van der Waals surface area contributed by atoms with Crippen molar-refractivity contribution in [3.63, 3.8) is 0 Å². The number of carbonyl (C=O) groups excluding carboxylic acids is 1. The highest BCUT2D eigenvalue weighted by atomic mass is 79.9. The fourth-order valence-corrected chi connectivity index (χ4v) is 2.67. The van der Waals surface area contributed by atoms with Crippen molar-refractivity contribution < 1.29 is 19.4 Å². The molecule has 25 heavy (non-hydrogen) atoms. The van der Waals surface area contributed by atoms with E-state index in [1.54, 1.807) is 43.3 Å². The molecule has 6 nitrogen and oxygen atoms in total. The van der Waals surface area contributed by atoms with Crippen molar-refractivity contribution in [2.24, 2.45) is 5.10 Å². The first kappa shape index (κ1) is 18.7. The highest BCUT2D eigenvalue weighted by molar-refractivity contribution is 9.10. The van der Waals surface area contributed by atoms with Crippen molar-refractivity contribution >= 4 is 33.5 Å². The SMILES string of the molecule is COc1ccc(/C(C)=N\NC(=O)c2ccccc2Br)cc1CC(=O)O. The lowest BCUT2D eigenvalue weighted by molar-refractivity contribution is -0.136. The van der Waals surface area contributed by atoms with Gasteiger partial charge in [-0.15, -0.1) is 0 Å². The maximum absolute atomic E-state index is 12.2. The topological polar surface area (TPSA) is 88.0 Å².